The topological polar surface area (TPSA) is 12.5 Å². The van der Waals surface area contributed by atoms with Crippen LogP contribution in [0.1, 0.15) is 19.3 Å². The van der Waals surface area contributed by atoms with E-state index in [9.17, 15) is 4.39 Å². The number of rotatable bonds is 5. The normalized spacial score (nSPS) is 16.4. The van der Waals surface area contributed by atoms with E-state index in [4.69, 9.17) is 4.74 Å². The Kier molecular flexibility index (Phi) is 4.80. The molecule has 0 amide bonds. The molecule has 1 aromatic rings. The van der Waals surface area contributed by atoms with E-state index in [0.29, 0.717) is 12.4 Å². The standard InChI is InChI=1S/C13H17BrFNO/c14-11-4-5-12(15)13(10-11)17-9-3-8-16-6-1-2-7-16/h4-5,10H,1-3,6-9H2. The Bertz CT molecular complexity index is 366. The fraction of sp³-hybridized carbons (Fsp3) is 0.538. The first kappa shape index (κ1) is 12.8. The summed E-state index contributed by atoms with van der Waals surface area (Å²) < 4.78 is 19.6. The Morgan fingerprint density at radius 3 is 2.82 bits per heavy atom. The number of ether oxygens (including phenoxy) is 1. The van der Waals surface area contributed by atoms with Crippen molar-refractivity contribution in [2.45, 2.75) is 19.3 Å². The molecule has 2 rings (SSSR count). The highest BCUT2D eigenvalue weighted by atomic mass is 79.9. The van der Waals surface area contributed by atoms with Crippen molar-refractivity contribution in [2.24, 2.45) is 0 Å². The number of hydrogen-bond acceptors (Lipinski definition) is 2. The molecule has 0 atom stereocenters. The second-order valence-corrected chi connectivity index (χ2v) is 5.24. The first-order chi connectivity index (χ1) is 8.25. The van der Waals surface area contributed by atoms with Crippen LogP contribution in [0.25, 0.3) is 0 Å². The van der Waals surface area contributed by atoms with Gasteiger partial charge >= 0.3 is 0 Å². The van der Waals surface area contributed by atoms with Gasteiger partial charge in [0.25, 0.3) is 0 Å². The minimum absolute atomic E-state index is 0.297. The number of hydrogen-bond donors (Lipinski definition) is 0. The molecule has 1 fully saturated rings. The molecule has 1 saturated heterocycles. The molecule has 0 aliphatic carbocycles. The maximum Gasteiger partial charge on any atom is 0.165 e. The quantitative estimate of drug-likeness (QED) is 0.772. The zero-order valence-electron chi connectivity index (χ0n) is 9.79. The third-order valence-corrected chi connectivity index (χ3v) is 3.46. The van der Waals surface area contributed by atoms with E-state index in [0.717, 1.165) is 17.4 Å². The van der Waals surface area contributed by atoms with Gasteiger partial charge in [-0.1, -0.05) is 15.9 Å². The van der Waals surface area contributed by atoms with Gasteiger partial charge in [-0.3, -0.25) is 0 Å². The van der Waals surface area contributed by atoms with E-state index in [2.05, 4.69) is 20.8 Å². The molecule has 1 aliphatic heterocycles. The maximum absolute atomic E-state index is 13.3. The van der Waals surface area contributed by atoms with E-state index in [-0.39, 0.29) is 5.82 Å². The summed E-state index contributed by atoms with van der Waals surface area (Å²) in [6.07, 6.45) is 3.56. The van der Waals surface area contributed by atoms with Gasteiger partial charge in [-0.05, 0) is 50.6 Å². The lowest BCUT2D eigenvalue weighted by molar-refractivity contribution is 0.255. The molecule has 0 N–H and O–H groups in total. The molecule has 0 radical (unpaired) electrons. The molecule has 1 aliphatic rings. The van der Waals surface area contributed by atoms with Crippen molar-refractivity contribution in [2.75, 3.05) is 26.2 Å². The van der Waals surface area contributed by atoms with Crippen molar-refractivity contribution >= 4 is 15.9 Å². The third kappa shape index (κ3) is 3.96. The Morgan fingerprint density at radius 1 is 1.29 bits per heavy atom. The fourth-order valence-electron chi connectivity index (χ4n) is 2.06. The van der Waals surface area contributed by atoms with E-state index in [1.165, 1.54) is 32.0 Å². The molecular weight excluding hydrogens is 285 g/mol. The molecule has 0 saturated carbocycles. The number of benzene rings is 1. The molecule has 4 heteroatoms. The second kappa shape index (κ2) is 6.36. The SMILES string of the molecule is Fc1ccc(Br)cc1OCCCN1CCCC1. The third-order valence-electron chi connectivity index (χ3n) is 2.97. The van der Waals surface area contributed by atoms with Gasteiger partial charge < -0.3 is 9.64 Å². The summed E-state index contributed by atoms with van der Waals surface area (Å²) in [4.78, 5) is 2.43. The van der Waals surface area contributed by atoms with Crippen molar-refractivity contribution < 1.29 is 9.13 Å². The highest BCUT2D eigenvalue weighted by Crippen LogP contribution is 2.22. The van der Waals surface area contributed by atoms with Crippen molar-refractivity contribution in [1.29, 1.82) is 0 Å². The largest absolute Gasteiger partial charge is 0.490 e. The predicted molar refractivity (Wildman–Crippen MR) is 69.9 cm³/mol. The maximum atomic E-state index is 13.3. The Balaban J connectivity index is 1.72. The minimum atomic E-state index is -0.297. The van der Waals surface area contributed by atoms with Crippen molar-refractivity contribution in [3.05, 3.63) is 28.5 Å². The van der Waals surface area contributed by atoms with Gasteiger partial charge in [-0.15, -0.1) is 0 Å². The van der Waals surface area contributed by atoms with Gasteiger partial charge in [0.05, 0.1) is 6.61 Å². The zero-order valence-corrected chi connectivity index (χ0v) is 11.4. The number of halogens is 2. The molecule has 94 valence electrons. The van der Waals surface area contributed by atoms with Crippen LogP contribution in [-0.2, 0) is 0 Å². The van der Waals surface area contributed by atoms with Crippen LogP contribution in [0, 0.1) is 5.82 Å². The summed E-state index contributed by atoms with van der Waals surface area (Å²) in [6, 6.07) is 4.76. The summed E-state index contributed by atoms with van der Waals surface area (Å²) >= 11 is 3.30. The molecule has 0 aromatic heterocycles. The Labute approximate surface area is 110 Å². The van der Waals surface area contributed by atoms with Crippen molar-refractivity contribution in [1.82, 2.24) is 4.90 Å². The Morgan fingerprint density at radius 2 is 2.06 bits per heavy atom. The van der Waals surface area contributed by atoms with Gasteiger partial charge in [0.2, 0.25) is 0 Å². The van der Waals surface area contributed by atoms with Crippen molar-refractivity contribution in [3.8, 4) is 5.75 Å². The summed E-state index contributed by atoms with van der Waals surface area (Å²) in [5.74, 6) is 0.0372. The molecular formula is C13H17BrFNO. The van der Waals surface area contributed by atoms with Crippen LogP contribution in [0.5, 0.6) is 5.75 Å². The zero-order chi connectivity index (χ0) is 12.1. The fourth-order valence-corrected chi connectivity index (χ4v) is 2.40. The van der Waals surface area contributed by atoms with Crippen LogP contribution in [0.15, 0.2) is 22.7 Å². The second-order valence-electron chi connectivity index (χ2n) is 4.33. The number of nitrogens with zero attached hydrogens (tertiary/aromatic N) is 1. The molecule has 1 heterocycles. The highest BCUT2D eigenvalue weighted by Gasteiger charge is 2.10. The Hall–Kier alpha value is -0.610. The van der Waals surface area contributed by atoms with E-state index in [1.807, 2.05) is 0 Å². The number of likely N-dealkylation sites (tertiary alicyclic amines) is 1. The van der Waals surface area contributed by atoms with Crippen LogP contribution >= 0.6 is 15.9 Å². The lowest BCUT2D eigenvalue weighted by Crippen LogP contribution is -2.22. The van der Waals surface area contributed by atoms with Crippen LogP contribution < -0.4 is 4.74 Å². The molecule has 1 aromatic carbocycles. The van der Waals surface area contributed by atoms with E-state index in [1.54, 1.807) is 12.1 Å². The van der Waals surface area contributed by atoms with Crippen LogP contribution in [0.2, 0.25) is 0 Å². The van der Waals surface area contributed by atoms with Crippen LogP contribution in [0.4, 0.5) is 4.39 Å². The molecule has 0 spiro atoms. The van der Waals surface area contributed by atoms with Gasteiger partial charge in [0.1, 0.15) is 0 Å². The highest BCUT2D eigenvalue weighted by molar-refractivity contribution is 9.10. The van der Waals surface area contributed by atoms with Crippen LogP contribution in [-0.4, -0.2) is 31.1 Å². The first-order valence-electron chi connectivity index (χ1n) is 6.06. The van der Waals surface area contributed by atoms with Crippen LogP contribution in [0.3, 0.4) is 0 Å². The summed E-state index contributed by atoms with van der Waals surface area (Å²) in [6.45, 7) is 4.02. The summed E-state index contributed by atoms with van der Waals surface area (Å²) in [7, 11) is 0. The van der Waals surface area contributed by atoms with E-state index < -0.39 is 0 Å². The van der Waals surface area contributed by atoms with E-state index >= 15 is 0 Å². The summed E-state index contributed by atoms with van der Waals surface area (Å²) in [5, 5.41) is 0. The molecule has 0 bridgehead atoms. The molecule has 17 heavy (non-hydrogen) atoms. The lowest BCUT2D eigenvalue weighted by atomic mass is 10.3. The average molecular weight is 302 g/mol. The minimum Gasteiger partial charge on any atom is -0.490 e. The van der Waals surface area contributed by atoms with Gasteiger partial charge in [0, 0.05) is 11.0 Å². The van der Waals surface area contributed by atoms with Crippen molar-refractivity contribution in [3.63, 3.8) is 0 Å². The molecule has 2 nitrogen and oxygen atoms in total. The monoisotopic (exact) mass is 301 g/mol. The van der Waals surface area contributed by atoms with Gasteiger partial charge in [0.15, 0.2) is 11.6 Å². The first-order valence-corrected chi connectivity index (χ1v) is 6.85. The lowest BCUT2D eigenvalue weighted by Gasteiger charge is -2.14. The van der Waals surface area contributed by atoms with Gasteiger partial charge in [-0.25, -0.2) is 4.39 Å². The summed E-state index contributed by atoms with van der Waals surface area (Å²) in [5.41, 5.74) is 0. The van der Waals surface area contributed by atoms with Gasteiger partial charge in [-0.2, -0.15) is 0 Å². The predicted octanol–water partition coefficient (Wildman–Crippen LogP) is 3.45. The smallest absolute Gasteiger partial charge is 0.165 e. The molecule has 0 unspecified atom stereocenters. The average Bonchev–Trinajstić information content (AvgIpc) is 2.82.